The van der Waals surface area contributed by atoms with Crippen LogP contribution in [0.5, 0.6) is 0 Å². The van der Waals surface area contributed by atoms with Gasteiger partial charge in [-0.2, -0.15) is 0 Å². The summed E-state index contributed by atoms with van der Waals surface area (Å²) in [5.41, 5.74) is 6.04. The van der Waals surface area contributed by atoms with Gasteiger partial charge < -0.3 is 10.8 Å². The summed E-state index contributed by atoms with van der Waals surface area (Å²) in [7, 11) is -3.78. The van der Waals surface area contributed by atoms with Crippen molar-refractivity contribution in [3.63, 3.8) is 0 Å². The first kappa shape index (κ1) is 15.6. The van der Waals surface area contributed by atoms with Crippen molar-refractivity contribution in [3.05, 3.63) is 40.5 Å². The number of carboxylic acids is 1. The number of hydrogen-bond donors (Lipinski definition) is 2. The van der Waals surface area contributed by atoms with Gasteiger partial charge in [0.2, 0.25) is 9.84 Å². The minimum atomic E-state index is -3.78. The van der Waals surface area contributed by atoms with E-state index >= 15 is 0 Å². The van der Waals surface area contributed by atoms with Crippen molar-refractivity contribution in [2.75, 3.05) is 0 Å². The Labute approximate surface area is 126 Å². The van der Waals surface area contributed by atoms with Crippen molar-refractivity contribution >= 4 is 27.1 Å². The molecule has 8 heteroatoms. The van der Waals surface area contributed by atoms with Gasteiger partial charge in [-0.3, -0.25) is 0 Å². The maximum atomic E-state index is 12.5. The molecule has 0 aliphatic carbocycles. The number of carboxylic acid groups (broad SMARTS) is 1. The predicted octanol–water partition coefficient (Wildman–Crippen LogP) is 1.70. The quantitative estimate of drug-likeness (QED) is 0.865. The molecule has 0 bridgehead atoms. The van der Waals surface area contributed by atoms with E-state index < -0.39 is 15.8 Å². The molecule has 0 amide bonds. The summed E-state index contributed by atoms with van der Waals surface area (Å²) in [4.78, 5) is 15.0. The third kappa shape index (κ3) is 3.12. The van der Waals surface area contributed by atoms with E-state index in [1.807, 2.05) is 6.92 Å². The third-order valence-corrected chi connectivity index (χ3v) is 6.12. The summed E-state index contributed by atoms with van der Waals surface area (Å²) in [5, 5.41) is 9.60. The van der Waals surface area contributed by atoms with Gasteiger partial charge in [0, 0.05) is 6.54 Å². The van der Waals surface area contributed by atoms with E-state index in [0.29, 0.717) is 17.0 Å². The first-order valence-electron chi connectivity index (χ1n) is 6.15. The highest BCUT2D eigenvalue weighted by Gasteiger charge is 2.22. The average Bonchev–Trinajstić information content (AvgIpc) is 2.96. The summed E-state index contributed by atoms with van der Waals surface area (Å²) in [6, 6.07) is 4.13. The summed E-state index contributed by atoms with van der Waals surface area (Å²) in [6.07, 6.45) is 1.79. The molecule has 1 aromatic carbocycles. The summed E-state index contributed by atoms with van der Waals surface area (Å²) >= 11 is 0.991. The molecule has 0 radical (unpaired) electrons. The van der Waals surface area contributed by atoms with Crippen molar-refractivity contribution in [1.29, 1.82) is 0 Å². The van der Waals surface area contributed by atoms with Gasteiger partial charge in [-0.15, -0.1) is 11.3 Å². The fourth-order valence-electron chi connectivity index (χ4n) is 1.77. The molecule has 0 aliphatic heterocycles. The summed E-state index contributed by atoms with van der Waals surface area (Å²) < 4.78 is 25.1. The van der Waals surface area contributed by atoms with Crippen molar-refractivity contribution in [3.8, 4) is 0 Å². The Hall–Kier alpha value is -1.77. The second kappa shape index (κ2) is 5.92. The van der Waals surface area contributed by atoms with Gasteiger partial charge in [0.05, 0.1) is 16.7 Å². The lowest BCUT2D eigenvalue weighted by Gasteiger charge is -2.06. The summed E-state index contributed by atoms with van der Waals surface area (Å²) in [6.45, 7) is 1.99. The molecule has 3 N–H and O–H groups in total. The van der Waals surface area contributed by atoms with Crippen LogP contribution in [-0.2, 0) is 22.8 Å². The topological polar surface area (TPSA) is 110 Å². The second-order valence-corrected chi connectivity index (χ2v) is 7.60. The van der Waals surface area contributed by atoms with E-state index in [0.717, 1.165) is 11.3 Å². The maximum Gasteiger partial charge on any atom is 0.335 e. The number of thiazole rings is 1. The lowest BCUT2D eigenvalue weighted by atomic mass is 10.1. The lowest BCUT2D eigenvalue weighted by molar-refractivity contribution is 0.0696. The first-order valence-corrected chi connectivity index (χ1v) is 8.45. The molecule has 0 unspecified atom stereocenters. The predicted molar refractivity (Wildman–Crippen MR) is 78.2 cm³/mol. The van der Waals surface area contributed by atoms with Crippen LogP contribution in [0.2, 0.25) is 0 Å². The molecule has 1 aromatic heterocycles. The Morgan fingerprint density at radius 1 is 1.38 bits per heavy atom. The molecule has 112 valence electrons. The van der Waals surface area contributed by atoms with E-state index in [4.69, 9.17) is 10.8 Å². The number of nitrogens with zero attached hydrogens (tertiary/aromatic N) is 1. The van der Waals surface area contributed by atoms with Crippen LogP contribution in [0.1, 0.15) is 27.9 Å². The normalized spacial score (nSPS) is 11.5. The first-order chi connectivity index (χ1) is 9.88. The number of sulfone groups is 1. The minimum absolute atomic E-state index is 0.0357. The highest BCUT2D eigenvalue weighted by Crippen LogP contribution is 2.27. The van der Waals surface area contributed by atoms with E-state index in [-0.39, 0.29) is 21.2 Å². The lowest BCUT2D eigenvalue weighted by Crippen LogP contribution is -2.05. The van der Waals surface area contributed by atoms with Gasteiger partial charge in [0.1, 0.15) is 9.22 Å². The molecule has 0 saturated heterocycles. The molecule has 0 aliphatic rings. The van der Waals surface area contributed by atoms with Gasteiger partial charge in [-0.1, -0.05) is 6.92 Å². The molecule has 21 heavy (non-hydrogen) atoms. The highest BCUT2D eigenvalue weighted by molar-refractivity contribution is 7.93. The fourth-order valence-corrected chi connectivity index (χ4v) is 4.33. The van der Waals surface area contributed by atoms with E-state index in [1.165, 1.54) is 24.4 Å². The molecule has 0 fully saturated rings. The van der Waals surface area contributed by atoms with Crippen LogP contribution < -0.4 is 5.73 Å². The van der Waals surface area contributed by atoms with Gasteiger partial charge >= 0.3 is 5.97 Å². The molecule has 0 saturated carbocycles. The molecular weight excluding hydrogens is 312 g/mol. The SMILES string of the molecule is CCc1cc(C(=O)O)cc(S(=O)(=O)c2cnc(CN)s2)c1. The Kier molecular flexibility index (Phi) is 4.40. The number of hydrogen-bond acceptors (Lipinski definition) is 6. The van der Waals surface area contributed by atoms with Crippen molar-refractivity contribution in [2.45, 2.75) is 29.0 Å². The van der Waals surface area contributed by atoms with Crippen molar-refractivity contribution in [1.82, 2.24) is 4.98 Å². The van der Waals surface area contributed by atoms with Gasteiger partial charge in [0.25, 0.3) is 0 Å². The van der Waals surface area contributed by atoms with E-state index in [1.54, 1.807) is 0 Å². The largest absolute Gasteiger partial charge is 0.478 e. The van der Waals surface area contributed by atoms with E-state index in [9.17, 15) is 13.2 Å². The zero-order valence-electron chi connectivity index (χ0n) is 11.2. The number of aromatic carboxylic acids is 1. The number of benzene rings is 1. The third-order valence-electron chi connectivity index (χ3n) is 2.90. The molecular formula is C13H14N2O4S2. The van der Waals surface area contributed by atoms with Crippen LogP contribution in [0.3, 0.4) is 0 Å². The Morgan fingerprint density at radius 2 is 2.10 bits per heavy atom. The molecule has 2 rings (SSSR count). The molecule has 2 aromatic rings. The van der Waals surface area contributed by atoms with Gasteiger partial charge in [0.15, 0.2) is 0 Å². The minimum Gasteiger partial charge on any atom is -0.478 e. The Morgan fingerprint density at radius 3 is 2.62 bits per heavy atom. The standard InChI is InChI=1S/C13H14N2O4S2/c1-2-8-3-9(13(16)17)5-10(4-8)21(18,19)12-7-15-11(6-14)20-12/h3-5,7H,2,6,14H2,1H3,(H,16,17). The van der Waals surface area contributed by atoms with Crippen LogP contribution >= 0.6 is 11.3 Å². The molecule has 6 nitrogen and oxygen atoms in total. The number of aromatic nitrogens is 1. The number of nitrogens with two attached hydrogens (primary N) is 1. The second-order valence-electron chi connectivity index (χ2n) is 4.30. The smallest absolute Gasteiger partial charge is 0.335 e. The van der Waals surface area contributed by atoms with Crippen LogP contribution in [-0.4, -0.2) is 24.5 Å². The molecule has 0 atom stereocenters. The van der Waals surface area contributed by atoms with Gasteiger partial charge in [-0.25, -0.2) is 18.2 Å². The Bertz CT molecular complexity index is 781. The van der Waals surface area contributed by atoms with Crippen LogP contribution in [0, 0.1) is 0 Å². The van der Waals surface area contributed by atoms with Crippen LogP contribution in [0.4, 0.5) is 0 Å². The zero-order chi connectivity index (χ0) is 15.6. The maximum absolute atomic E-state index is 12.5. The van der Waals surface area contributed by atoms with Crippen LogP contribution in [0.15, 0.2) is 33.5 Å². The molecule has 1 heterocycles. The highest BCUT2D eigenvalue weighted by atomic mass is 32.2. The monoisotopic (exact) mass is 326 g/mol. The number of carbonyl (C=O) groups is 1. The van der Waals surface area contributed by atoms with E-state index in [2.05, 4.69) is 4.98 Å². The van der Waals surface area contributed by atoms with Gasteiger partial charge in [-0.05, 0) is 30.2 Å². The molecule has 0 spiro atoms. The average molecular weight is 326 g/mol. The number of aryl methyl sites for hydroxylation is 1. The van der Waals surface area contributed by atoms with Crippen molar-refractivity contribution < 1.29 is 18.3 Å². The zero-order valence-corrected chi connectivity index (χ0v) is 12.9. The summed E-state index contributed by atoms with van der Waals surface area (Å²) in [5.74, 6) is -1.16. The van der Waals surface area contributed by atoms with Crippen molar-refractivity contribution in [2.24, 2.45) is 5.73 Å². The fraction of sp³-hybridized carbons (Fsp3) is 0.231. The number of rotatable bonds is 5. The van der Waals surface area contributed by atoms with Crippen LogP contribution in [0.25, 0.3) is 0 Å². The Balaban J connectivity index is 2.58.